The lowest BCUT2D eigenvalue weighted by atomic mass is 9.97. The third kappa shape index (κ3) is 2.53. The monoisotopic (exact) mass is 388 g/mol. The van der Waals surface area contributed by atoms with E-state index in [0.717, 1.165) is 11.1 Å². The molecule has 0 spiro atoms. The Labute approximate surface area is 159 Å². The first-order valence-corrected chi connectivity index (χ1v) is 8.91. The third-order valence-electron chi connectivity index (χ3n) is 5.22. The van der Waals surface area contributed by atoms with Gasteiger partial charge in [-0.05, 0) is 29.3 Å². The average Bonchev–Trinajstić information content (AvgIpc) is 3.33. The second kappa shape index (κ2) is 6.15. The van der Waals surface area contributed by atoms with Gasteiger partial charge in [0.05, 0.1) is 12.0 Å². The molecule has 140 valence electrons. The van der Waals surface area contributed by atoms with Crippen molar-refractivity contribution >= 4 is 28.5 Å². The lowest BCUT2D eigenvalue weighted by Gasteiger charge is -2.22. The van der Waals surface area contributed by atoms with Crippen molar-refractivity contribution in [2.24, 2.45) is 0 Å². The van der Waals surface area contributed by atoms with Crippen LogP contribution in [0.3, 0.4) is 0 Å². The molecule has 2 aromatic heterocycles. The maximum atomic E-state index is 10.6. The van der Waals surface area contributed by atoms with Crippen LogP contribution in [-0.2, 0) is 16.1 Å². The molecule has 3 unspecified atom stereocenters. The molecule has 0 aliphatic carbocycles. The molecule has 0 radical (unpaired) electrons. The largest absolute Gasteiger partial charge is 0.387 e. The molecule has 2 aliphatic heterocycles. The van der Waals surface area contributed by atoms with Crippen LogP contribution in [0.1, 0.15) is 23.5 Å². The zero-order chi connectivity index (χ0) is 18.7. The summed E-state index contributed by atoms with van der Waals surface area (Å²) in [5.74, 6) is 0.339. The Morgan fingerprint density at radius 1 is 1.19 bits per heavy atom. The lowest BCUT2D eigenvalue weighted by Crippen LogP contribution is -2.34. The number of nitrogens with two attached hydrogens (primary N) is 1. The lowest BCUT2D eigenvalue weighted by molar-refractivity contribution is -0.104. The van der Waals surface area contributed by atoms with Crippen LogP contribution in [0.25, 0.3) is 11.0 Å². The average molecular weight is 389 g/mol. The Balaban J connectivity index is 1.50. The zero-order valence-electron chi connectivity index (χ0n) is 14.1. The fourth-order valence-corrected chi connectivity index (χ4v) is 4.05. The summed E-state index contributed by atoms with van der Waals surface area (Å²) < 4.78 is 13.5. The number of anilines is 1. The Bertz CT molecular complexity index is 1030. The summed E-state index contributed by atoms with van der Waals surface area (Å²) in [6.45, 7) is 0.403. The van der Waals surface area contributed by atoms with E-state index >= 15 is 0 Å². The van der Waals surface area contributed by atoms with E-state index in [1.54, 1.807) is 22.9 Å². The fraction of sp³-hybridized carbons (Fsp3) is 0.333. The molecule has 9 heteroatoms. The zero-order valence-corrected chi connectivity index (χ0v) is 14.8. The van der Waals surface area contributed by atoms with Crippen LogP contribution >= 0.6 is 11.6 Å². The smallest absolute Gasteiger partial charge is 0.164 e. The Hall–Kier alpha value is -2.23. The van der Waals surface area contributed by atoms with Gasteiger partial charge in [0.1, 0.15) is 42.2 Å². The van der Waals surface area contributed by atoms with Gasteiger partial charge in [0.2, 0.25) is 0 Å². The third-order valence-corrected chi connectivity index (χ3v) is 5.46. The van der Waals surface area contributed by atoms with Gasteiger partial charge in [0, 0.05) is 11.2 Å². The molecule has 1 aromatic carbocycles. The van der Waals surface area contributed by atoms with Crippen molar-refractivity contribution in [1.82, 2.24) is 14.5 Å². The van der Waals surface area contributed by atoms with Crippen LogP contribution in [0, 0.1) is 0 Å². The number of nitrogens with zero attached hydrogens (tertiary/aromatic N) is 3. The maximum Gasteiger partial charge on any atom is 0.164 e. The Morgan fingerprint density at radius 2 is 2.04 bits per heavy atom. The highest BCUT2D eigenvalue weighted by molar-refractivity contribution is 6.30. The number of aliphatic hydroxyl groups excluding tert-OH is 2. The van der Waals surface area contributed by atoms with Crippen LogP contribution in [0.2, 0.25) is 5.02 Å². The van der Waals surface area contributed by atoms with E-state index in [9.17, 15) is 10.2 Å². The van der Waals surface area contributed by atoms with Crippen LogP contribution < -0.4 is 5.73 Å². The van der Waals surface area contributed by atoms with Crippen molar-refractivity contribution in [3.8, 4) is 0 Å². The number of nitrogen functional groups attached to an aromatic ring is 1. The van der Waals surface area contributed by atoms with Crippen LogP contribution in [0.15, 0.2) is 36.8 Å². The van der Waals surface area contributed by atoms with Gasteiger partial charge >= 0.3 is 0 Å². The van der Waals surface area contributed by atoms with E-state index in [1.165, 1.54) is 6.33 Å². The van der Waals surface area contributed by atoms with Crippen LogP contribution in [0.5, 0.6) is 0 Å². The van der Waals surface area contributed by atoms with E-state index in [1.807, 2.05) is 12.1 Å². The first-order valence-electron chi connectivity index (χ1n) is 8.53. The molecule has 4 N–H and O–H groups in total. The number of hydrogen-bond acceptors (Lipinski definition) is 7. The number of rotatable bonds is 2. The molecule has 3 aromatic rings. The molecule has 8 nitrogen and oxygen atoms in total. The predicted octanol–water partition coefficient (Wildman–Crippen LogP) is 1.56. The second-order valence-corrected chi connectivity index (χ2v) is 7.20. The highest BCUT2D eigenvalue weighted by Gasteiger charge is 2.49. The Kier molecular flexibility index (Phi) is 3.85. The summed E-state index contributed by atoms with van der Waals surface area (Å²) in [5.41, 5.74) is 8.25. The standard InChI is InChI=1S/C18H17ClN4O4/c19-9-2-1-8-6-26-14(11(8)5-9)15-12(24)13(25)18(27-15)23-4-3-10-16(20)21-7-22-17(10)23/h1-5,7,12-15,18,24-25H,6H2,(H2,20,21,22)/t12?,13?,14-,15?,18+/m1/s1. The van der Waals surface area contributed by atoms with Gasteiger partial charge in [0.15, 0.2) is 6.23 Å². The normalized spacial score (nSPS) is 30.1. The van der Waals surface area contributed by atoms with E-state index in [4.69, 9.17) is 26.8 Å². The van der Waals surface area contributed by atoms with Crippen molar-refractivity contribution in [2.45, 2.75) is 37.3 Å². The van der Waals surface area contributed by atoms with Crippen molar-refractivity contribution < 1.29 is 19.7 Å². The van der Waals surface area contributed by atoms with Crippen LogP contribution in [-0.4, -0.2) is 43.1 Å². The van der Waals surface area contributed by atoms with Gasteiger partial charge in [-0.25, -0.2) is 9.97 Å². The fourth-order valence-electron chi connectivity index (χ4n) is 3.86. The quantitative estimate of drug-likeness (QED) is 0.610. The minimum absolute atomic E-state index is 0.339. The van der Waals surface area contributed by atoms with Gasteiger partial charge in [-0.3, -0.25) is 0 Å². The molecule has 1 saturated heterocycles. The number of halogens is 1. The van der Waals surface area contributed by atoms with E-state index in [-0.39, 0.29) is 0 Å². The van der Waals surface area contributed by atoms with E-state index < -0.39 is 30.6 Å². The maximum absolute atomic E-state index is 10.6. The number of benzene rings is 1. The molecule has 0 bridgehead atoms. The Morgan fingerprint density at radius 3 is 2.89 bits per heavy atom. The number of aliphatic hydroxyl groups is 2. The highest BCUT2D eigenvalue weighted by atomic mass is 35.5. The van der Waals surface area contributed by atoms with E-state index in [0.29, 0.717) is 28.5 Å². The predicted molar refractivity (Wildman–Crippen MR) is 96.8 cm³/mol. The molecule has 2 aliphatic rings. The topological polar surface area (TPSA) is 116 Å². The minimum atomic E-state index is -1.16. The first kappa shape index (κ1) is 16.9. The summed E-state index contributed by atoms with van der Waals surface area (Å²) in [5, 5.41) is 22.5. The molecule has 0 amide bonds. The summed E-state index contributed by atoms with van der Waals surface area (Å²) >= 11 is 6.11. The molecular weight excluding hydrogens is 372 g/mol. The van der Waals surface area contributed by atoms with Gasteiger partial charge < -0.3 is 30.0 Å². The molecule has 27 heavy (non-hydrogen) atoms. The van der Waals surface area contributed by atoms with Gasteiger partial charge in [-0.15, -0.1) is 0 Å². The van der Waals surface area contributed by atoms with Crippen molar-refractivity contribution in [3.63, 3.8) is 0 Å². The highest BCUT2D eigenvalue weighted by Crippen LogP contribution is 2.43. The minimum Gasteiger partial charge on any atom is -0.387 e. The number of ether oxygens (including phenoxy) is 2. The SMILES string of the molecule is Nc1ncnc2c1ccn2[C@H]1OC([C@@H]2OCc3ccc(Cl)cc32)C(O)C1O. The van der Waals surface area contributed by atoms with Crippen molar-refractivity contribution in [1.29, 1.82) is 0 Å². The summed E-state index contributed by atoms with van der Waals surface area (Å²) in [7, 11) is 0. The summed E-state index contributed by atoms with van der Waals surface area (Å²) in [6.07, 6.45) is -1.34. The van der Waals surface area contributed by atoms with E-state index in [2.05, 4.69) is 9.97 Å². The molecule has 1 fully saturated rings. The molecular formula is C18H17ClN4O4. The summed E-state index contributed by atoms with van der Waals surface area (Å²) in [4.78, 5) is 8.19. The first-order chi connectivity index (χ1) is 13.0. The van der Waals surface area contributed by atoms with Crippen molar-refractivity contribution in [2.75, 3.05) is 5.73 Å². The molecule has 4 heterocycles. The van der Waals surface area contributed by atoms with Gasteiger partial charge in [-0.1, -0.05) is 17.7 Å². The number of fused-ring (bicyclic) bond motifs is 2. The van der Waals surface area contributed by atoms with Crippen LogP contribution in [0.4, 0.5) is 5.82 Å². The molecule has 0 saturated carbocycles. The molecule has 5 atom stereocenters. The summed E-state index contributed by atoms with van der Waals surface area (Å²) in [6, 6.07) is 7.25. The molecule has 5 rings (SSSR count). The number of hydrogen-bond donors (Lipinski definition) is 3. The van der Waals surface area contributed by atoms with Gasteiger partial charge in [-0.2, -0.15) is 0 Å². The van der Waals surface area contributed by atoms with Crippen molar-refractivity contribution in [3.05, 3.63) is 52.9 Å². The number of aromatic nitrogens is 3. The second-order valence-electron chi connectivity index (χ2n) is 6.77. The van der Waals surface area contributed by atoms with Gasteiger partial charge in [0.25, 0.3) is 0 Å².